The molecule has 3 aromatic rings. The van der Waals surface area contributed by atoms with Gasteiger partial charge in [0.05, 0.1) is 6.61 Å². The fourth-order valence-electron chi connectivity index (χ4n) is 3.82. The van der Waals surface area contributed by atoms with Gasteiger partial charge in [0.15, 0.2) is 0 Å². The zero-order valence-electron chi connectivity index (χ0n) is 18.5. The highest BCUT2D eigenvalue weighted by Crippen LogP contribution is 2.30. The van der Waals surface area contributed by atoms with E-state index in [1.165, 1.54) is 0 Å². The molecule has 0 spiro atoms. The number of ether oxygens (including phenoxy) is 2. The van der Waals surface area contributed by atoms with E-state index in [2.05, 4.69) is 5.32 Å². The average Bonchev–Trinajstić information content (AvgIpc) is 2.86. The van der Waals surface area contributed by atoms with Crippen molar-refractivity contribution in [2.75, 3.05) is 11.9 Å². The molecule has 178 valence electrons. The predicted molar refractivity (Wildman–Crippen MR) is 125 cm³/mol. The van der Waals surface area contributed by atoms with Crippen LogP contribution in [0.3, 0.4) is 0 Å². The molecule has 8 nitrogen and oxygen atoms in total. The summed E-state index contributed by atoms with van der Waals surface area (Å²) in [5.74, 6) is 0.193. The molecule has 4 rings (SSSR count). The van der Waals surface area contributed by atoms with Crippen LogP contribution >= 0.6 is 0 Å². The Balaban J connectivity index is 1.50. The van der Waals surface area contributed by atoms with E-state index in [4.69, 9.17) is 9.47 Å². The van der Waals surface area contributed by atoms with Crippen LogP contribution in [0.15, 0.2) is 72.8 Å². The molecule has 1 amide bonds. The van der Waals surface area contributed by atoms with Gasteiger partial charge >= 0.3 is 0 Å². The Kier molecular flexibility index (Phi) is 7.26. The molecular weight excluding hydrogens is 438 g/mol. The summed E-state index contributed by atoms with van der Waals surface area (Å²) in [7, 11) is 0. The molecule has 5 atom stereocenters. The molecule has 1 fully saturated rings. The van der Waals surface area contributed by atoms with Gasteiger partial charge in [-0.3, -0.25) is 4.79 Å². The van der Waals surface area contributed by atoms with Gasteiger partial charge in [0, 0.05) is 11.3 Å². The van der Waals surface area contributed by atoms with Crippen LogP contribution in [-0.4, -0.2) is 63.6 Å². The number of para-hydroxylation sites is 1. The van der Waals surface area contributed by atoms with Crippen molar-refractivity contribution in [1.29, 1.82) is 0 Å². The van der Waals surface area contributed by atoms with Gasteiger partial charge in [0.2, 0.25) is 6.29 Å². The van der Waals surface area contributed by atoms with Gasteiger partial charge in [-0.1, -0.05) is 36.4 Å². The van der Waals surface area contributed by atoms with Gasteiger partial charge in [0.1, 0.15) is 30.2 Å². The molecule has 0 radical (unpaired) electrons. The molecule has 5 N–H and O–H groups in total. The molecule has 1 aliphatic heterocycles. The molecule has 5 unspecified atom stereocenters. The Labute approximate surface area is 197 Å². The molecule has 8 heteroatoms. The monoisotopic (exact) mass is 465 g/mol. The topological polar surface area (TPSA) is 128 Å². The highest BCUT2D eigenvalue weighted by atomic mass is 16.7. The van der Waals surface area contributed by atoms with E-state index in [0.717, 1.165) is 16.7 Å². The lowest BCUT2D eigenvalue weighted by molar-refractivity contribution is -0.277. The van der Waals surface area contributed by atoms with E-state index in [1.54, 1.807) is 24.3 Å². The minimum Gasteiger partial charge on any atom is -0.462 e. The Morgan fingerprint density at radius 2 is 1.65 bits per heavy atom. The van der Waals surface area contributed by atoms with Gasteiger partial charge in [-0.15, -0.1) is 0 Å². The van der Waals surface area contributed by atoms with Gasteiger partial charge in [-0.05, 0) is 60.0 Å². The summed E-state index contributed by atoms with van der Waals surface area (Å²) in [5.41, 5.74) is 3.65. The van der Waals surface area contributed by atoms with E-state index in [1.807, 2.05) is 55.5 Å². The lowest BCUT2D eigenvalue weighted by Crippen LogP contribution is -2.60. The van der Waals surface area contributed by atoms with Gasteiger partial charge in [0.25, 0.3) is 5.91 Å². The van der Waals surface area contributed by atoms with Crippen LogP contribution in [0.2, 0.25) is 0 Å². The van der Waals surface area contributed by atoms with Crippen molar-refractivity contribution in [3.63, 3.8) is 0 Å². The predicted octanol–water partition coefficient (Wildman–Crippen LogP) is 2.09. The number of anilines is 1. The summed E-state index contributed by atoms with van der Waals surface area (Å²) in [5, 5.41) is 42.3. The van der Waals surface area contributed by atoms with Crippen molar-refractivity contribution in [3.05, 3.63) is 83.9 Å². The normalized spacial score (nSPS) is 24.4. The highest BCUT2D eigenvalue weighted by Gasteiger charge is 2.44. The lowest BCUT2D eigenvalue weighted by atomic mass is 9.99. The number of rotatable bonds is 6. The Bertz CT molecular complexity index is 1140. The molecule has 0 saturated carbocycles. The van der Waals surface area contributed by atoms with Crippen LogP contribution in [0.4, 0.5) is 5.69 Å². The molecule has 1 saturated heterocycles. The summed E-state index contributed by atoms with van der Waals surface area (Å²) in [6.45, 7) is 1.28. The van der Waals surface area contributed by atoms with Crippen molar-refractivity contribution in [2.45, 2.75) is 37.6 Å². The Hall–Kier alpha value is -3.27. The second-order valence-corrected chi connectivity index (χ2v) is 8.20. The molecular formula is C26H27NO7. The number of aliphatic hydroxyl groups excluding tert-OH is 4. The van der Waals surface area contributed by atoms with Crippen molar-refractivity contribution in [1.82, 2.24) is 0 Å². The third kappa shape index (κ3) is 5.11. The van der Waals surface area contributed by atoms with Crippen LogP contribution < -0.4 is 10.1 Å². The zero-order chi connectivity index (χ0) is 24.2. The van der Waals surface area contributed by atoms with Crippen LogP contribution in [0.1, 0.15) is 15.9 Å². The fourth-order valence-corrected chi connectivity index (χ4v) is 3.82. The molecule has 0 aliphatic carbocycles. The third-order valence-electron chi connectivity index (χ3n) is 5.76. The van der Waals surface area contributed by atoms with E-state index in [9.17, 15) is 25.2 Å². The zero-order valence-corrected chi connectivity index (χ0v) is 18.5. The number of hydrogen-bond acceptors (Lipinski definition) is 7. The van der Waals surface area contributed by atoms with Gasteiger partial charge < -0.3 is 35.2 Å². The van der Waals surface area contributed by atoms with Crippen molar-refractivity contribution in [3.8, 4) is 16.9 Å². The van der Waals surface area contributed by atoms with Crippen molar-refractivity contribution >= 4 is 11.6 Å². The minimum atomic E-state index is -1.51. The number of carbonyl (C=O) groups excluding carboxylic acids is 1. The standard InChI is InChI=1S/C26H27NO7/c1-15-12-17(10-11-20(15)33-26-24(31)23(30)22(29)21(14-28)34-26)16-6-5-7-18(13-16)25(32)27-19-8-3-2-4-9-19/h2-13,21-24,26,28-31H,14H2,1H3,(H,27,32). The second kappa shape index (κ2) is 10.3. The average molecular weight is 466 g/mol. The maximum absolute atomic E-state index is 12.6. The van der Waals surface area contributed by atoms with Crippen LogP contribution in [0.25, 0.3) is 11.1 Å². The Morgan fingerprint density at radius 1 is 0.912 bits per heavy atom. The fraction of sp³-hybridized carbons (Fsp3) is 0.269. The number of benzene rings is 3. The number of hydrogen-bond donors (Lipinski definition) is 5. The number of carbonyl (C=O) groups is 1. The third-order valence-corrected chi connectivity index (χ3v) is 5.76. The first-order valence-electron chi connectivity index (χ1n) is 10.9. The van der Waals surface area contributed by atoms with Crippen molar-refractivity contribution < 1.29 is 34.7 Å². The van der Waals surface area contributed by atoms with Gasteiger partial charge in [-0.25, -0.2) is 0 Å². The number of amides is 1. The maximum Gasteiger partial charge on any atom is 0.255 e. The SMILES string of the molecule is Cc1cc(-c2cccc(C(=O)Nc3ccccc3)c2)ccc1OC1OC(CO)C(O)C(O)C1O. The number of nitrogens with one attached hydrogen (secondary N) is 1. The van der Waals surface area contributed by atoms with Crippen LogP contribution in [0, 0.1) is 6.92 Å². The maximum atomic E-state index is 12.6. The van der Waals surface area contributed by atoms with Crippen LogP contribution in [-0.2, 0) is 4.74 Å². The summed E-state index contributed by atoms with van der Waals surface area (Å²) in [6, 6.07) is 21.8. The second-order valence-electron chi connectivity index (χ2n) is 8.20. The Morgan fingerprint density at radius 3 is 2.35 bits per heavy atom. The van der Waals surface area contributed by atoms with E-state index < -0.39 is 37.3 Å². The molecule has 0 aromatic heterocycles. The largest absolute Gasteiger partial charge is 0.462 e. The summed E-state index contributed by atoms with van der Waals surface area (Å²) in [4.78, 5) is 12.6. The number of aliphatic hydroxyl groups is 4. The highest BCUT2D eigenvalue weighted by molar-refractivity contribution is 6.04. The first-order valence-corrected chi connectivity index (χ1v) is 10.9. The summed E-state index contributed by atoms with van der Waals surface area (Å²) in [6.07, 6.45) is -6.76. The molecule has 34 heavy (non-hydrogen) atoms. The first-order chi connectivity index (χ1) is 16.4. The smallest absolute Gasteiger partial charge is 0.255 e. The number of aryl methyl sites for hydroxylation is 1. The lowest BCUT2D eigenvalue weighted by Gasteiger charge is -2.39. The molecule has 3 aromatic carbocycles. The summed E-state index contributed by atoms with van der Waals surface area (Å²) < 4.78 is 11.2. The van der Waals surface area contributed by atoms with E-state index >= 15 is 0 Å². The molecule has 0 bridgehead atoms. The van der Waals surface area contributed by atoms with E-state index in [0.29, 0.717) is 17.0 Å². The first kappa shape index (κ1) is 23.9. The molecule has 1 heterocycles. The van der Waals surface area contributed by atoms with Gasteiger partial charge in [-0.2, -0.15) is 0 Å². The van der Waals surface area contributed by atoms with Crippen LogP contribution in [0.5, 0.6) is 5.75 Å². The molecule has 1 aliphatic rings. The quantitative estimate of drug-likeness (QED) is 0.377. The summed E-state index contributed by atoms with van der Waals surface area (Å²) >= 11 is 0. The van der Waals surface area contributed by atoms with E-state index in [-0.39, 0.29) is 5.91 Å². The van der Waals surface area contributed by atoms with Crippen molar-refractivity contribution in [2.24, 2.45) is 0 Å². The minimum absolute atomic E-state index is 0.215.